The Morgan fingerprint density at radius 1 is 0.778 bits per heavy atom. The van der Waals surface area contributed by atoms with Gasteiger partial charge in [0.25, 0.3) is 0 Å². The van der Waals surface area contributed by atoms with Crippen molar-refractivity contribution in [1.82, 2.24) is 14.5 Å². The van der Waals surface area contributed by atoms with Crippen molar-refractivity contribution in [3.63, 3.8) is 0 Å². The number of carbonyl (C=O) groups is 1. The average Bonchev–Trinajstić information content (AvgIpc) is 3.39. The van der Waals surface area contributed by atoms with E-state index in [0.717, 1.165) is 64.4 Å². The van der Waals surface area contributed by atoms with Gasteiger partial charge in [-0.3, -0.25) is 9.69 Å². The van der Waals surface area contributed by atoms with Crippen LogP contribution in [0.4, 0.5) is 0 Å². The zero-order valence-corrected chi connectivity index (χ0v) is 26.2. The quantitative estimate of drug-likeness (QED) is 0.146. The van der Waals surface area contributed by atoms with Crippen LogP contribution in [-0.4, -0.2) is 33.9 Å². The molecule has 0 spiro atoms. The van der Waals surface area contributed by atoms with Gasteiger partial charge in [-0.15, -0.1) is 0 Å². The number of aliphatic carboxylic acids is 1. The van der Waals surface area contributed by atoms with Crippen molar-refractivity contribution in [1.29, 1.82) is 0 Å². The number of nitrogens with zero attached hydrogens (tertiary/aromatic N) is 3. The number of nitrogens with two attached hydrogens (primary N) is 1. The van der Waals surface area contributed by atoms with E-state index in [0.29, 0.717) is 19.6 Å². The summed E-state index contributed by atoms with van der Waals surface area (Å²) in [6.45, 7) is 4.69. The zero-order valence-electron chi connectivity index (χ0n) is 25.3. The second-order valence-corrected chi connectivity index (χ2v) is 12.8. The summed E-state index contributed by atoms with van der Waals surface area (Å²) in [5.41, 5.74) is 6.83. The summed E-state index contributed by atoms with van der Waals surface area (Å²) in [6.07, 6.45) is 2.01. The first-order chi connectivity index (χ1) is 21.7. The molecular formula is C36H38N4O4S. The third-order valence-electron chi connectivity index (χ3n) is 7.70. The summed E-state index contributed by atoms with van der Waals surface area (Å²) in [6, 6.07) is 34.8. The SMILES string of the molecule is CCCCn1c(-c2ccccc2)nc(-c2ccccc2)c1CN(Cc1ccc(CC(=O)O)cc1)Cc1ccc(S(N)(=O)=O)cc1. The second-order valence-electron chi connectivity index (χ2n) is 11.2. The Morgan fingerprint density at radius 3 is 1.84 bits per heavy atom. The molecule has 9 heteroatoms. The van der Waals surface area contributed by atoms with E-state index in [4.69, 9.17) is 10.1 Å². The van der Waals surface area contributed by atoms with Crippen molar-refractivity contribution in [3.8, 4) is 22.6 Å². The molecule has 5 rings (SSSR count). The lowest BCUT2D eigenvalue weighted by atomic mass is 10.1. The molecule has 232 valence electrons. The van der Waals surface area contributed by atoms with Crippen LogP contribution in [0.2, 0.25) is 0 Å². The molecule has 5 aromatic rings. The van der Waals surface area contributed by atoms with E-state index >= 15 is 0 Å². The van der Waals surface area contributed by atoms with Crippen molar-refractivity contribution in [2.75, 3.05) is 0 Å². The number of unbranched alkanes of at least 4 members (excludes halogenated alkanes) is 1. The average molecular weight is 623 g/mol. The number of primary sulfonamides is 1. The van der Waals surface area contributed by atoms with Gasteiger partial charge in [-0.1, -0.05) is 110 Å². The van der Waals surface area contributed by atoms with Crippen LogP contribution in [0, 0.1) is 0 Å². The van der Waals surface area contributed by atoms with E-state index in [9.17, 15) is 18.3 Å². The Bertz CT molecular complexity index is 1820. The van der Waals surface area contributed by atoms with Crippen molar-refractivity contribution < 1.29 is 18.3 Å². The molecule has 4 aromatic carbocycles. The number of sulfonamides is 1. The van der Waals surface area contributed by atoms with Crippen LogP contribution in [0.15, 0.2) is 114 Å². The summed E-state index contributed by atoms with van der Waals surface area (Å²) in [5.74, 6) is 0.0590. The number of carboxylic acid groups (broad SMARTS) is 1. The van der Waals surface area contributed by atoms with Gasteiger partial charge in [-0.25, -0.2) is 18.5 Å². The molecule has 0 aliphatic heterocycles. The van der Waals surface area contributed by atoms with Crippen LogP contribution in [0.5, 0.6) is 0 Å². The predicted octanol–water partition coefficient (Wildman–Crippen LogP) is 6.49. The molecule has 0 radical (unpaired) electrons. The molecule has 0 aliphatic rings. The normalized spacial score (nSPS) is 11.6. The fourth-order valence-electron chi connectivity index (χ4n) is 5.46. The topological polar surface area (TPSA) is 119 Å². The highest BCUT2D eigenvalue weighted by molar-refractivity contribution is 7.89. The lowest BCUT2D eigenvalue weighted by Gasteiger charge is -2.25. The summed E-state index contributed by atoms with van der Waals surface area (Å²) in [7, 11) is -3.80. The fraction of sp³-hybridized carbons (Fsp3) is 0.222. The van der Waals surface area contributed by atoms with Gasteiger partial charge < -0.3 is 9.67 Å². The molecule has 0 saturated heterocycles. The van der Waals surface area contributed by atoms with Gasteiger partial charge in [-0.05, 0) is 35.2 Å². The van der Waals surface area contributed by atoms with E-state index in [-0.39, 0.29) is 11.3 Å². The summed E-state index contributed by atoms with van der Waals surface area (Å²) in [4.78, 5) is 18.8. The van der Waals surface area contributed by atoms with Crippen LogP contribution in [0.1, 0.15) is 42.1 Å². The number of aromatic nitrogens is 2. The lowest BCUT2D eigenvalue weighted by Crippen LogP contribution is -2.25. The monoisotopic (exact) mass is 622 g/mol. The molecule has 0 saturated carbocycles. The van der Waals surface area contributed by atoms with Gasteiger partial charge in [-0.2, -0.15) is 0 Å². The van der Waals surface area contributed by atoms with Gasteiger partial charge in [0.1, 0.15) is 5.82 Å². The molecular weight excluding hydrogens is 584 g/mol. The minimum absolute atomic E-state index is 0.0281. The number of rotatable bonds is 14. The van der Waals surface area contributed by atoms with E-state index in [1.54, 1.807) is 12.1 Å². The van der Waals surface area contributed by atoms with Gasteiger partial charge >= 0.3 is 5.97 Å². The van der Waals surface area contributed by atoms with Gasteiger partial charge in [0, 0.05) is 37.3 Å². The maximum Gasteiger partial charge on any atom is 0.307 e. The Hall–Kier alpha value is -4.57. The molecule has 45 heavy (non-hydrogen) atoms. The first-order valence-corrected chi connectivity index (χ1v) is 16.6. The highest BCUT2D eigenvalue weighted by Gasteiger charge is 2.22. The molecule has 0 bridgehead atoms. The smallest absolute Gasteiger partial charge is 0.307 e. The van der Waals surface area contributed by atoms with Crippen molar-refractivity contribution in [2.45, 2.75) is 57.3 Å². The Kier molecular flexibility index (Phi) is 10.2. The Labute approximate surface area is 264 Å². The van der Waals surface area contributed by atoms with Gasteiger partial charge in [0.2, 0.25) is 10.0 Å². The predicted molar refractivity (Wildman–Crippen MR) is 177 cm³/mol. The summed E-state index contributed by atoms with van der Waals surface area (Å²) in [5, 5.41) is 14.6. The minimum Gasteiger partial charge on any atom is -0.481 e. The molecule has 1 heterocycles. The number of hydrogen-bond acceptors (Lipinski definition) is 5. The molecule has 0 atom stereocenters. The first kappa shape index (κ1) is 31.8. The summed E-state index contributed by atoms with van der Waals surface area (Å²) < 4.78 is 26.1. The largest absolute Gasteiger partial charge is 0.481 e. The minimum atomic E-state index is -3.80. The number of imidazole rings is 1. The first-order valence-electron chi connectivity index (χ1n) is 15.0. The van der Waals surface area contributed by atoms with Gasteiger partial charge in [0.05, 0.1) is 22.7 Å². The van der Waals surface area contributed by atoms with Gasteiger partial charge in [0.15, 0.2) is 0 Å². The third-order valence-corrected chi connectivity index (χ3v) is 8.63. The lowest BCUT2D eigenvalue weighted by molar-refractivity contribution is -0.136. The maximum atomic E-state index is 11.9. The summed E-state index contributed by atoms with van der Waals surface area (Å²) >= 11 is 0. The fourth-order valence-corrected chi connectivity index (χ4v) is 5.97. The Morgan fingerprint density at radius 2 is 1.31 bits per heavy atom. The third kappa shape index (κ3) is 8.33. The van der Waals surface area contributed by atoms with Crippen LogP contribution in [0.3, 0.4) is 0 Å². The number of hydrogen-bond donors (Lipinski definition) is 2. The second kappa shape index (κ2) is 14.5. The molecule has 0 amide bonds. The van der Waals surface area contributed by atoms with Crippen LogP contribution >= 0.6 is 0 Å². The molecule has 8 nitrogen and oxygen atoms in total. The van der Waals surface area contributed by atoms with E-state index in [2.05, 4.69) is 40.7 Å². The Balaban J connectivity index is 1.58. The number of carboxylic acids is 1. The highest BCUT2D eigenvalue weighted by atomic mass is 32.2. The van der Waals surface area contributed by atoms with E-state index in [1.165, 1.54) is 12.1 Å². The van der Waals surface area contributed by atoms with E-state index in [1.807, 2.05) is 60.7 Å². The highest BCUT2D eigenvalue weighted by Crippen LogP contribution is 2.32. The molecule has 3 N–H and O–H groups in total. The van der Waals surface area contributed by atoms with Crippen LogP contribution in [-0.2, 0) is 47.4 Å². The van der Waals surface area contributed by atoms with Crippen molar-refractivity contribution >= 4 is 16.0 Å². The van der Waals surface area contributed by atoms with Crippen LogP contribution in [0.25, 0.3) is 22.6 Å². The van der Waals surface area contributed by atoms with Crippen molar-refractivity contribution in [3.05, 3.63) is 132 Å². The van der Waals surface area contributed by atoms with Crippen molar-refractivity contribution in [2.24, 2.45) is 5.14 Å². The molecule has 1 aromatic heterocycles. The number of benzene rings is 4. The van der Waals surface area contributed by atoms with E-state index < -0.39 is 16.0 Å². The maximum absolute atomic E-state index is 11.9. The molecule has 0 aliphatic carbocycles. The van der Waals surface area contributed by atoms with Crippen LogP contribution < -0.4 is 5.14 Å². The zero-order chi connectivity index (χ0) is 31.8. The molecule has 0 unspecified atom stereocenters. The standard InChI is InChI=1S/C36H38N4O4S/c1-2-3-22-40-33(35(30-10-6-4-7-11-30)38-36(40)31-12-8-5-9-13-31)26-39(24-28-16-14-27(15-17-28)23-34(41)42)25-29-18-20-32(21-19-29)45(37,43)44/h4-21H,2-3,22-26H2,1H3,(H,41,42)(H2,37,43,44). The molecule has 0 fully saturated rings.